The average Bonchev–Trinajstić information content (AvgIpc) is 2.11. The lowest BCUT2D eigenvalue weighted by Gasteiger charge is -2.05. The maximum Gasteiger partial charge on any atom is 0.145 e. The Morgan fingerprint density at radius 1 is 1.50 bits per heavy atom. The molecule has 0 radical (unpaired) electrons. The second-order valence-corrected chi connectivity index (χ2v) is 3.51. The van der Waals surface area contributed by atoms with Gasteiger partial charge in [0.25, 0.3) is 0 Å². The van der Waals surface area contributed by atoms with Crippen LogP contribution in [0.1, 0.15) is 46.5 Å². The van der Waals surface area contributed by atoms with Crippen molar-refractivity contribution in [2.24, 2.45) is 5.92 Å². The molecule has 0 amide bonds. The number of carbonyl (C=O) groups is 1. The Kier molecular flexibility index (Phi) is 6.73. The van der Waals surface area contributed by atoms with Gasteiger partial charge in [-0.3, -0.25) is 4.79 Å². The number of rotatable bonds is 6. The van der Waals surface area contributed by atoms with Gasteiger partial charge in [-0.15, -0.1) is 0 Å². The summed E-state index contributed by atoms with van der Waals surface area (Å²) in [5, 5.41) is 0. The fourth-order valence-electron chi connectivity index (χ4n) is 1.05. The molecule has 12 heavy (non-hydrogen) atoms. The Balaban J connectivity index is 3.38. The third kappa shape index (κ3) is 6.14. The van der Waals surface area contributed by atoms with Crippen molar-refractivity contribution >= 4 is 6.29 Å². The smallest absolute Gasteiger partial charge is 0.145 e. The van der Waals surface area contributed by atoms with Crippen LogP contribution in [0.15, 0.2) is 11.6 Å². The summed E-state index contributed by atoms with van der Waals surface area (Å²) in [5.74, 6) is 0.829. The molecule has 1 unspecified atom stereocenters. The number of unbranched alkanes of at least 4 members (excludes halogenated alkanes) is 1. The highest BCUT2D eigenvalue weighted by Crippen LogP contribution is 2.11. The van der Waals surface area contributed by atoms with Crippen LogP contribution in [0.4, 0.5) is 0 Å². The zero-order valence-electron chi connectivity index (χ0n) is 8.47. The number of hydrogen-bond acceptors (Lipinski definition) is 1. The van der Waals surface area contributed by atoms with Crippen molar-refractivity contribution < 1.29 is 4.79 Å². The fourth-order valence-corrected chi connectivity index (χ4v) is 1.05. The van der Waals surface area contributed by atoms with Crippen LogP contribution in [-0.4, -0.2) is 6.29 Å². The molecule has 0 aliphatic rings. The number of carbonyl (C=O) groups excluding carboxylic acids is 1. The highest BCUT2D eigenvalue weighted by molar-refractivity contribution is 5.71. The number of allylic oxidation sites excluding steroid dienone is 2. The van der Waals surface area contributed by atoms with Crippen LogP contribution >= 0.6 is 0 Å². The quantitative estimate of drug-likeness (QED) is 0.338. The first-order valence-electron chi connectivity index (χ1n) is 4.82. The van der Waals surface area contributed by atoms with Gasteiger partial charge in [0.1, 0.15) is 6.29 Å². The van der Waals surface area contributed by atoms with E-state index in [4.69, 9.17) is 0 Å². The Hall–Kier alpha value is -0.590. The van der Waals surface area contributed by atoms with Crippen molar-refractivity contribution in [3.8, 4) is 0 Å². The lowest BCUT2D eigenvalue weighted by Crippen LogP contribution is -1.90. The molecule has 70 valence electrons. The Labute approximate surface area is 75.9 Å². The van der Waals surface area contributed by atoms with Gasteiger partial charge < -0.3 is 0 Å². The minimum atomic E-state index is 0.829. The van der Waals surface area contributed by atoms with E-state index in [1.54, 1.807) is 0 Å². The van der Waals surface area contributed by atoms with E-state index < -0.39 is 0 Å². The Bertz CT molecular complexity index is 147. The zero-order chi connectivity index (χ0) is 9.40. The summed E-state index contributed by atoms with van der Waals surface area (Å²) in [6.07, 6.45) is 7.74. The molecule has 0 fully saturated rings. The molecule has 0 saturated carbocycles. The predicted octanol–water partition coefficient (Wildman–Crippen LogP) is 3.35. The predicted molar refractivity (Wildman–Crippen MR) is 53.1 cm³/mol. The summed E-state index contributed by atoms with van der Waals surface area (Å²) in [6, 6.07) is 0. The molecular formula is C11H20O. The molecule has 1 heteroatoms. The van der Waals surface area contributed by atoms with Gasteiger partial charge in [-0.2, -0.15) is 0 Å². The van der Waals surface area contributed by atoms with Crippen LogP contribution in [0.25, 0.3) is 0 Å². The average molecular weight is 168 g/mol. The van der Waals surface area contributed by atoms with Crippen LogP contribution in [0, 0.1) is 5.92 Å². The van der Waals surface area contributed by atoms with Gasteiger partial charge in [0, 0.05) is 0 Å². The number of hydrogen-bond donors (Lipinski definition) is 0. The van der Waals surface area contributed by atoms with Crippen molar-refractivity contribution in [1.82, 2.24) is 0 Å². The van der Waals surface area contributed by atoms with Crippen LogP contribution in [0.3, 0.4) is 0 Å². The first-order valence-corrected chi connectivity index (χ1v) is 4.82. The maximum atomic E-state index is 10.2. The minimum absolute atomic E-state index is 0.829. The lowest BCUT2D eigenvalue weighted by molar-refractivity contribution is -0.104. The molecule has 0 saturated heterocycles. The van der Waals surface area contributed by atoms with E-state index in [-0.39, 0.29) is 0 Å². The van der Waals surface area contributed by atoms with Gasteiger partial charge in [0.15, 0.2) is 0 Å². The van der Waals surface area contributed by atoms with Crippen molar-refractivity contribution in [2.45, 2.75) is 46.5 Å². The summed E-state index contributed by atoms with van der Waals surface area (Å²) >= 11 is 0. The van der Waals surface area contributed by atoms with Gasteiger partial charge >= 0.3 is 0 Å². The van der Waals surface area contributed by atoms with E-state index >= 15 is 0 Å². The van der Waals surface area contributed by atoms with E-state index in [9.17, 15) is 4.79 Å². The van der Waals surface area contributed by atoms with Crippen LogP contribution in [-0.2, 0) is 4.79 Å². The van der Waals surface area contributed by atoms with Crippen LogP contribution < -0.4 is 0 Å². The first kappa shape index (κ1) is 11.4. The zero-order valence-corrected chi connectivity index (χ0v) is 8.47. The highest BCUT2D eigenvalue weighted by atomic mass is 16.1. The molecule has 0 heterocycles. The van der Waals surface area contributed by atoms with Gasteiger partial charge in [0.05, 0.1) is 0 Å². The van der Waals surface area contributed by atoms with Crippen molar-refractivity contribution in [3.63, 3.8) is 0 Å². The van der Waals surface area contributed by atoms with Crippen molar-refractivity contribution in [2.75, 3.05) is 0 Å². The monoisotopic (exact) mass is 168 g/mol. The molecule has 0 aromatic heterocycles. The standard InChI is InChI=1S/C11H20O/c1-4-10(2)7-5-6-8-11(3)9-12/h8-10H,4-7H2,1-3H3/b11-8+. The van der Waals surface area contributed by atoms with E-state index in [1.165, 1.54) is 19.3 Å². The van der Waals surface area contributed by atoms with E-state index in [1.807, 2.05) is 13.0 Å². The largest absolute Gasteiger partial charge is 0.298 e. The Morgan fingerprint density at radius 3 is 2.67 bits per heavy atom. The number of aldehydes is 1. The third-order valence-corrected chi connectivity index (χ3v) is 2.25. The first-order chi connectivity index (χ1) is 5.70. The second-order valence-electron chi connectivity index (χ2n) is 3.51. The molecule has 0 spiro atoms. The molecule has 0 aliphatic heterocycles. The Morgan fingerprint density at radius 2 is 2.17 bits per heavy atom. The van der Waals surface area contributed by atoms with E-state index in [0.29, 0.717) is 0 Å². The summed E-state index contributed by atoms with van der Waals surface area (Å²) < 4.78 is 0. The molecule has 0 aliphatic carbocycles. The molecule has 1 nitrogen and oxygen atoms in total. The molecular weight excluding hydrogens is 148 g/mol. The highest BCUT2D eigenvalue weighted by Gasteiger charge is 1.96. The lowest BCUT2D eigenvalue weighted by atomic mass is 10.0. The van der Waals surface area contributed by atoms with Crippen LogP contribution in [0.5, 0.6) is 0 Å². The minimum Gasteiger partial charge on any atom is -0.298 e. The molecule has 0 aromatic carbocycles. The molecule has 0 N–H and O–H groups in total. The van der Waals surface area contributed by atoms with Crippen molar-refractivity contribution in [1.29, 1.82) is 0 Å². The normalized spacial score (nSPS) is 14.4. The van der Waals surface area contributed by atoms with Crippen molar-refractivity contribution in [3.05, 3.63) is 11.6 Å². The van der Waals surface area contributed by atoms with Gasteiger partial charge in [-0.1, -0.05) is 32.8 Å². The topological polar surface area (TPSA) is 17.1 Å². The summed E-state index contributed by atoms with van der Waals surface area (Å²) in [7, 11) is 0. The maximum absolute atomic E-state index is 10.2. The summed E-state index contributed by atoms with van der Waals surface area (Å²) in [5.41, 5.74) is 0.860. The van der Waals surface area contributed by atoms with Gasteiger partial charge in [-0.25, -0.2) is 0 Å². The SMILES string of the molecule is CCC(C)CCC/C=C(\C)C=O. The summed E-state index contributed by atoms with van der Waals surface area (Å²) in [6.45, 7) is 6.35. The van der Waals surface area contributed by atoms with Gasteiger partial charge in [0.2, 0.25) is 0 Å². The van der Waals surface area contributed by atoms with Crippen LogP contribution in [0.2, 0.25) is 0 Å². The third-order valence-electron chi connectivity index (χ3n) is 2.25. The van der Waals surface area contributed by atoms with E-state index in [2.05, 4.69) is 13.8 Å². The van der Waals surface area contributed by atoms with Gasteiger partial charge in [-0.05, 0) is 31.3 Å². The second kappa shape index (κ2) is 7.08. The molecule has 0 aromatic rings. The molecule has 0 bridgehead atoms. The van der Waals surface area contributed by atoms with E-state index in [0.717, 1.165) is 24.2 Å². The fraction of sp³-hybridized carbons (Fsp3) is 0.727. The summed E-state index contributed by atoms with van der Waals surface area (Å²) in [4.78, 5) is 10.2. The molecule has 1 atom stereocenters. The molecule has 0 rings (SSSR count).